The minimum Gasteiger partial charge on any atom is -0.460 e. The molecule has 0 radical (unpaired) electrons. The highest BCUT2D eigenvalue weighted by Crippen LogP contribution is 2.08. The minimum absolute atomic E-state index is 0.244. The third-order valence-corrected chi connectivity index (χ3v) is 1.81. The number of unbranched alkanes of at least 4 members (excludes halogenated alkanes) is 1. The summed E-state index contributed by atoms with van der Waals surface area (Å²) in [5.41, 5.74) is 0. The largest absolute Gasteiger partial charge is 0.460 e. The number of halogens is 1. The number of ether oxygens (including phenoxy) is 1. The first-order valence-electron chi connectivity index (χ1n) is 4.14. The van der Waals surface area contributed by atoms with Crippen LogP contribution in [0.5, 0.6) is 0 Å². The zero-order valence-corrected chi connectivity index (χ0v) is 8.14. The Morgan fingerprint density at radius 1 is 1.75 bits per heavy atom. The summed E-state index contributed by atoms with van der Waals surface area (Å²) in [4.78, 5) is 11.0. The van der Waals surface area contributed by atoms with Gasteiger partial charge < -0.3 is 4.74 Å². The van der Waals surface area contributed by atoms with Crippen LogP contribution in [0.25, 0.3) is 0 Å². The summed E-state index contributed by atoms with van der Waals surface area (Å²) >= 11 is 5.74. The number of alkyl halides is 1. The molecule has 0 aromatic rings. The molecule has 0 fully saturated rings. The van der Waals surface area contributed by atoms with Gasteiger partial charge in [0.2, 0.25) is 0 Å². The first kappa shape index (κ1) is 11.5. The second-order valence-corrected chi connectivity index (χ2v) is 3.06. The van der Waals surface area contributed by atoms with Crippen LogP contribution < -0.4 is 0 Å². The molecular formula is C9H15ClO2. The van der Waals surface area contributed by atoms with E-state index in [1.54, 1.807) is 0 Å². The molecule has 0 heterocycles. The smallest absolute Gasteiger partial charge is 0.324 e. The highest BCUT2D eigenvalue weighted by atomic mass is 35.5. The van der Waals surface area contributed by atoms with Crippen molar-refractivity contribution in [2.75, 3.05) is 6.61 Å². The van der Waals surface area contributed by atoms with Crippen molar-refractivity contribution in [3.63, 3.8) is 0 Å². The molecule has 1 unspecified atom stereocenters. The van der Waals surface area contributed by atoms with E-state index < -0.39 is 5.38 Å². The molecule has 70 valence electrons. The third-order valence-electron chi connectivity index (χ3n) is 1.41. The van der Waals surface area contributed by atoms with Gasteiger partial charge in [-0.2, -0.15) is 0 Å². The minimum atomic E-state index is -0.495. The van der Waals surface area contributed by atoms with Gasteiger partial charge in [0, 0.05) is 0 Å². The number of carbonyl (C=O) groups is 1. The van der Waals surface area contributed by atoms with E-state index in [2.05, 4.69) is 13.5 Å². The normalized spacial score (nSPS) is 12.2. The molecule has 0 aromatic heterocycles. The van der Waals surface area contributed by atoms with Crippen LogP contribution >= 0.6 is 11.6 Å². The van der Waals surface area contributed by atoms with Gasteiger partial charge in [0.1, 0.15) is 12.0 Å². The average molecular weight is 191 g/mol. The lowest BCUT2D eigenvalue weighted by Crippen LogP contribution is -2.17. The number of rotatable bonds is 6. The van der Waals surface area contributed by atoms with Crippen molar-refractivity contribution in [2.45, 2.75) is 31.6 Å². The standard InChI is InChI=1S/C9H15ClO2/c1-3-5-6-8(10)9(11)12-7-4-2/h4,8H,2-3,5-7H2,1H3. The van der Waals surface area contributed by atoms with Crippen LogP contribution in [0.4, 0.5) is 0 Å². The summed E-state index contributed by atoms with van der Waals surface area (Å²) in [6.45, 7) is 5.73. The number of hydrogen-bond donors (Lipinski definition) is 0. The van der Waals surface area contributed by atoms with Crippen molar-refractivity contribution in [3.05, 3.63) is 12.7 Å². The fourth-order valence-electron chi connectivity index (χ4n) is 0.733. The lowest BCUT2D eigenvalue weighted by Gasteiger charge is -2.06. The highest BCUT2D eigenvalue weighted by Gasteiger charge is 2.14. The SMILES string of the molecule is C=CCOC(=O)C(Cl)CCCC. The molecule has 0 bridgehead atoms. The first-order chi connectivity index (χ1) is 5.72. The quantitative estimate of drug-likeness (QED) is 0.366. The van der Waals surface area contributed by atoms with Crippen LogP contribution in [0.3, 0.4) is 0 Å². The van der Waals surface area contributed by atoms with Crippen molar-refractivity contribution in [3.8, 4) is 0 Å². The summed E-state index contributed by atoms with van der Waals surface area (Å²) in [5, 5.41) is -0.495. The van der Waals surface area contributed by atoms with Gasteiger partial charge in [-0.25, -0.2) is 0 Å². The lowest BCUT2D eigenvalue weighted by molar-refractivity contribution is -0.142. The average Bonchev–Trinajstić information content (AvgIpc) is 2.10. The molecule has 0 N–H and O–H groups in total. The molecule has 0 amide bonds. The van der Waals surface area contributed by atoms with Crippen molar-refractivity contribution in [2.24, 2.45) is 0 Å². The molecular weight excluding hydrogens is 176 g/mol. The fraction of sp³-hybridized carbons (Fsp3) is 0.667. The van der Waals surface area contributed by atoms with E-state index in [0.717, 1.165) is 12.8 Å². The van der Waals surface area contributed by atoms with Gasteiger partial charge in [-0.15, -0.1) is 11.6 Å². The Labute approximate surface area is 78.5 Å². The van der Waals surface area contributed by atoms with Crippen LogP contribution in [0.2, 0.25) is 0 Å². The molecule has 2 nitrogen and oxygen atoms in total. The molecule has 0 saturated carbocycles. The first-order valence-corrected chi connectivity index (χ1v) is 4.57. The molecule has 0 aliphatic heterocycles. The van der Waals surface area contributed by atoms with Crippen LogP contribution in [-0.2, 0) is 9.53 Å². The molecule has 0 aliphatic rings. The lowest BCUT2D eigenvalue weighted by atomic mass is 10.2. The molecule has 1 atom stereocenters. The van der Waals surface area contributed by atoms with Crippen LogP contribution in [0.15, 0.2) is 12.7 Å². The monoisotopic (exact) mass is 190 g/mol. The van der Waals surface area contributed by atoms with Crippen molar-refractivity contribution >= 4 is 17.6 Å². The predicted octanol–water partition coefficient (Wildman–Crippen LogP) is 2.51. The summed E-state index contributed by atoms with van der Waals surface area (Å²) in [6, 6.07) is 0. The van der Waals surface area contributed by atoms with Crippen LogP contribution in [-0.4, -0.2) is 18.0 Å². The zero-order valence-electron chi connectivity index (χ0n) is 7.38. The highest BCUT2D eigenvalue weighted by molar-refractivity contribution is 6.29. The summed E-state index contributed by atoms with van der Waals surface area (Å²) in [5.74, 6) is -0.343. The Bertz CT molecular complexity index is 145. The Morgan fingerprint density at radius 2 is 2.42 bits per heavy atom. The Balaban J connectivity index is 3.53. The molecule has 0 saturated heterocycles. The van der Waals surface area contributed by atoms with Gasteiger partial charge in [-0.1, -0.05) is 32.4 Å². The number of esters is 1. The van der Waals surface area contributed by atoms with Crippen molar-refractivity contribution in [1.82, 2.24) is 0 Å². The molecule has 0 spiro atoms. The summed E-state index contributed by atoms with van der Waals surface area (Å²) in [7, 11) is 0. The Morgan fingerprint density at radius 3 is 2.92 bits per heavy atom. The van der Waals surface area contributed by atoms with E-state index in [9.17, 15) is 4.79 Å². The predicted molar refractivity (Wildman–Crippen MR) is 50.3 cm³/mol. The van der Waals surface area contributed by atoms with Crippen LogP contribution in [0, 0.1) is 0 Å². The number of hydrogen-bond acceptors (Lipinski definition) is 2. The van der Waals surface area contributed by atoms with Gasteiger partial charge in [-0.3, -0.25) is 4.79 Å². The summed E-state index contributed by atoms with van der Waals surface area (Å²) in [6.07, 6.45) is 4.21. The van der Waals surface area contributed by atoms with Crippen molar-refractivity contribution < 1.29 is 9.53 Å². The van der Waals surface area contributed by atoms with E-state index in [-0.39, 0.29) is 12.6 Å². The molecule has 0 aliphatic carbocycles. The number of carbonyl (C=O) groups excluding carboxylic acids is 1. The Hall–Kier alpha value is -0.500. The van der Waals surface area contributed by atoms with E-state index in [4.69, 9.17) is 16.3 Å². The van der Waals surface area contributed by atoms with Gasteiger partial charge in [0.15, 0.2) is 0 Å². The second-order valence-electron chi connectivity index (χ2n) is 2.53. The van der Waals surface area contributed by atoms with Gasteiger partial charge in [0.25, 0.3) is 0 Å². The zero-order chi connectivity index (χ0) is 9.40. The van der Waals surface area contributed by atoms with Gasteiger partial charge in [-0.05, 0) is 6.42 Å². The third kappa shape index (κ3) is 5.19. The van der Waals surface area contributed by atoms with E-state index in [0.29, 0.717) is 6.42 Å². The van der Waals surface area contributed by atoms with Gasteiger partial charge >= 0.3 is 5.97 Å². The van der Waals surface area contributed by atoms with E-state index >= 15 is 0 Å². The molecule has 12 heavy (non-hydrogen) atoms. The molecule has 3 heteroatoms. The van der Waals surface area contributed by atoms with E-state index in [1.807, 2.05) is 0 Å². The Kier molecular flexibility index (Phi) is 6.87. The topological polar surface area (TPSA) is 26.3 Å². The maximum atomic E-state index is 11.0. The van der Waals surface area contributed by atoms with Crippen molar-refractivity contribution in [1.29, 1.82) is 0 Å². The van der Waals surface area contributed by atoms with Crippen LogP contribution in [0.1, 0.15) is 26.2 Å². The van der Waals surface area contributed by atoms with E-state index in [1.165, 1.54) is 6.08 Å². The maximum absolute atomic E-state index is 11.0. The molecule has 0 rings (SSSR count). The second kappa shape index (κ2) is 7.17. The maximum Gasteiger partial charge on any atom is 0.324 e. The summed E-state index contributed by atoms with van der Waals surface area (Å²) < 4.78 is 4.76. The molecule has 0 aromatic carbocycles. The fourth-order valence-corrected chi connectivity index (χ4v) is 0.950. The van der Waals surface area contributed by atoms with Gasteiger partial charge in [0.05, 0.1) is 0 Å².